The van der Waals surface area contributed by atoms with Gasteiger partial charge in [-0.2, -0.15) is 5.10 Å². The van der Waals surface area contributed by atoms with E-state index < -0.39 is 0 Å². The van der Waals surface area contributed by atoms with Crippen LogP contribution < -0.4 is 5.32 Å². The Morgan fingerprint density at radius 3 is 3.15 bits per heavy atom. The molecule has 0 bridgehead atoms. The lowest BCUT2D eigenvalue weighted by molar-refractivity contribution is -0.133. The maximum atomic E-state index is 12.4. The van der Waals surface area contributed by atoms with Gasteiger partial charge in [-0.3, -0.25) is 9.48 Å². The molecule has 1 atom stereocenters. The van der Waals surface area contributed by atoms with E-state index in [2.05, 4.69) is 10.4 Å². The molecule has 1 fully saturated rings. The molecule has 1 aromatic carbocycles. The molecule has 5 nitrogen and oxygen atoms in total. The maximum Gasteiger partial charge on any atom is 0.244 e. The molecule has 20 heavy (non-hydrogen) atoms. The van der Waals surface area contributed by atoms with E-state index in [0.717, 1.165) is 36.8 Å². The molecule has 1 N–H and O–H groups in total. The van der Waals surface area contributed by atoms with Crippen molar-refractivity contribution in [2.45, 2.75) is 25.4 Å². The number of aromatic nitrogens is 2. The largest absolute Gasteiger partial charge is 0.340 e. The van der Waals surface area contributed by atoms with Gasteiger partial charge in [0.05, 0.1) is 11.7 Å². The molecule has 5 heteroatoms. The van der Waals surface area contributed by atoms with Crippen LogP contribution in [0.5, 0.6) is 0 Å². The number of carbonyl (C=O) groups excluding carboxylic acids is 1. The van der Waals surface area contributed by atoms with Crippen LogP contribution in [0.25, 0.3) is 10.9 Å². The summed E-state index contributed by atoms with van der Waals surface area (Å²) in [5.41, 5.74) is 1.02. The van der Waals surface area contributed by atoms with Gasteiger partial charge in [0, 0.05) is 24.5 Å². The lowest BCUT2D eigenvalue weighted by atomic mass is 10.1. The standard InChI is InChI=1S/C15H20N4O/c1-16-13-6-4-8-18(10-13)15(20)11-19-14-7-3-2-5-12(14)9-17-19/h2-3,5,7,9,13,16H,4,6,8,10-11H2,1H3. The van der Waals surface area contributed by atoms with Gasteiger partial charge in [0.2, 0.25) is 5.91 Å². The first-order valence-corrected chi connectivity index (χ1v) is 7.13. The third-order valence-electron chi connectivity index (χ3n) is 4.02. The molecular formula is C15H20N4O. The van der Waals surface area contributed by atoms with E-state index in [1.54, 1.807) is 4.68 Å². The molecule has 3 rings (SSSR count). The van der Waals surface area contributed by atoms with Crippen molar-refractivity contribution in [1.29, 1.82) is 0 Å². The molecule has 1 aromatic heterocycles. The monoisotopic (exact) mass is 272 g/mol. The van der Waals surface area contributed by atoms with Gasteiger partial charge in [-0.25, -0.2) is 0 Å². The van der Waals surface area contributed by atoms with Crippen molar-refractivity contribution < 1.29 is 4.79 Å². The van der Waals surface area contributed by atoms with E-state index in [4.69, 9.17) is 0 Å². The Morgan fingerprint density at radius 1 is 1.45 bits per heavy atom. The Bertz CT molecular complexity index is 607. The van der Waals surface area contributed by atoms with E-state index >= 15 is 0 Å². The second-order valence-corrected chi connectivity index (χ2v) is 5.33. The average molecular weight is 272 g/mol. The summed E-state index contributed by atoms with van der Waals surface area (Å²) >= 11 is 0. The fraction of sp³-hybridized carbons (Fsp3) is 0.467. The highest BCUT2D eigenvalue weighted by Crippen LogP contribution is 2.14. The highest BCUT2D eigenvalue weighted by molar-refractivity contribution is 5.82. The van der Waals surface area contributed by atoms with Crippen molar-refractivity contribution >= 4 is 16.8 Å². The molecule has 0 radical (unpaired) electrons. The van der Waals surface area contributed by atoms with Crippen LogP contribution in [0.3, 0.4) is 0 Å². The number of hydrogen-bond donors (Lipinski definition) is 1. The Morgan fingerprint density at radius 2 is 2.30 bits per heavy atom. The molecule has 0 saturated carbocycles. The third-order valence-corrected chi connectivity index (χ3v) is 4.02. The average Bonchev–Trinajstić information content (AvgIpc) is 2.90. The zero-order chi connectivity index (χ0) is 13.9. The SMILES string of the molecule is CNC1CCCN(C(=O)Cn2ncc3ccccc32)C1. The summed E-state index contributed by atoms with van der Waals surface area (Å²) in [4.78, 5) is 14.4. The smallest absolute Gasteiger partial charge is 0.244 e. The predicted molar refractivity (Wildman–Crippen MR) is 78.4 cm³/mol. The van der Waals surface area contributed by atoms with Crippen LogP contribution in [0.4, 0.5) is 0 Å². The first-order chi connectivity index (χ1) is 9.78. The third kappa shape index (κ3) is 2.54. The summed E-state index contributed by atoms with van der Waals surface area (Å²) in [7, 11) is 1.96. The summed E-state index contributed by atoms with van der Waals surface area (Å²) < 4.78 is 1.79. The number of likely N-dealkylation sites (N-methyl/N-ethyl adjacent to an activating group) is 1. The second-order valence-electron chi connectivity index (χ2n) is 5.33. The fourth-order valence-electron chi connectivity index (χ4n) is 2.82. The highest BCUT2D eigenvalue weighted by atomic mass is 16.2. The van der Waals surface area contributed by atoms with Crippen LogP contribution >= 0.6 is 0 Å². The second kappa shape index (κ2) is 5.63. The minimum absolute atomic E-state index is 0.152. The van der Waals surface area contributed by atoms with E-state index in [9.17, 15) is 4.79 Å². The summed E-state index contributed by atoms with van der Waals surface area (Å²) in [6.07, 6.45) is 4.03. The molecule has 0 spiro atoms. The number of benzene rings is 1. The highest BCUT2D eigenvalue weighted by Gasteiger charge is 2.23. The van der Waals surface area contributed by atoms with E-state index in [1.807, 2.05) is 42.4 Å². The maximum absolute atomic E-state index is 12.4. The number of rotatable bonds is 3. The van der Waals surface area contributed by atoms with Gasteiger partial charge in [-0.15, -0.1) is 0 Å². The topological polar surface area (TPSA) is 50.2 Å². The number of carbonyl (C=O) groups is 1. The summed E-state index contributed by atoms with van der Waals surface area (Å²) in [5.74, 6) is 0.152. The Hall–Kier alpha value is -1.88. The molecule has 2 heterocycles. The van der Waals surface area contributed by atoms with Gasteiger partial charge in [0.25, 0.3) is 0 Å². The molecule has 2 aromatic rings. The zero-order valence-electron chi connectivity index (χ0n) is 11.7. The van der Waals surface area contributed by atoms with Crippen molar-refractivity contribution in [1.82, 2.24) is 20.0 Å². The molecule has 1 saturated heterocycles. The van der Waals surface area contributed by atoms with Crippen LogP contribution in [-0.4, -0.2) is 46.8 Å². The number of nitrogens with one attached hydrogen (secondary N) is 1. The van der Waals surface area contributed by atoms with Crippen molar-refractivity contribution in [2.75, 3.05) is 20.1 Å². The molecule has 106 valence electrons. The molecule has 0 aliphatic carbocycles. The Kier molecular flexibility index (Phi) is 3.69. The number of hydrogen-bond acceptors (Lipinski definition) is 3. The van der Waals surface area contributed by atoms with E-state index in [1.165, 1.54) is 0 Å². The molecule has 1 aliphatic heterocycles. The summed E-state index contributed by atoms with van der Waals surface area (Å²) in [6.45, 7) is 1.98. The number of likely N-dealkylation sites (tertiary alicyclic amines) is 1. The van der Waals surface area contributed by atoms with Crippen molar-refractivity contribution in [3.63, 3.8) is 0 Å². The minimum Gasteiger partial charge on any atom is -0.340 e. The first-order valence-electron chi connectivity index (χ1n) is 7.13. The number of fused-ring (bicyclic) bond motifs is 1. The molecular weight excluding hydrogens is 252 g/mol. The van der Waals surface area contributed by atoms with Gasteiger partial charge < -0.3 is 10.2 Å². The van der Waals surface area contributed by atoms with Crippen LogP contribution in [0.2, 0.25) is 0 Å². The van der Waals surface area contributed by atoms with Crippen LogP contribution in [0.15, 0.2) is 30.5 Å². The number of para-hydroxylation sites is 1. The van der Waals surface area contributed by atoms with E-state index in [-0.39, 0.29) is 5.91 Å². The van der Waals surface area contributed by atoms with Crippen LogP contribution in [0.1, 0.15) is 12.8 Å². The lowest BCUT2D eigenvalue weighted by Crippen LogP contribution is -2.47. The van der Waals surface area contributed by atoms with Gasteiger partial charge in [0.1, 0.15) is 6.54 Å². The normalized spacial score (nSPS) is 19.4. The fourth-order valence-corrected chi connectivity index (χ4v) is 2.82. The van der Waals surface area contributed by atoms with Crippen molar-refractivity contribution in [3.05, 3.63) is 30.5 Å². The van der Waals surface area contributed by atoms with Gasteiger partial charge in [-0.05, 0) is 26.0 Å². The van der Waals surface area contributed by atoms with Crippen molar-refractivity contribution in [2.24, 2.45) is 0 Å². The number of amides is 1. The summed E-state index contributed by atoms with van der Waals surface area (Å²) in [6, 6.07) is 8.40. The quantitative estimate of drug-likeness (QED) is 0.915. The molecule has 1 unspecified atom stereocenters. The summed E-state index contributed by atoms with van der Waals surface area (Å²) in [5, 5.41) is 8.66. The van der Waals surface area contributed by atoms with Crippen LogP contribution in [0, 0.1) is 0 Å². The van der Waals surface area contributed by atoms with Crippen molar-refractivity contribution in [3.8, 4) is 0 Å². The van der Waals surface area contributed by atoms with Gasteiger partial charge >= 0.3 is 0 Å². The lowest BCUT2D eigenvalue weighted by Gasteiger charge is -2.32. The zero-order valence-corrected chi connectivity index (χ0v) is 11.7. The Labute approximate surface area is 118 Å². The van der Waals surface area contributed by atoms with Gasteiger partial charge in [-0.1, -0.05) is 18.2 Å². The van der Waals surface area contributed by atoms with Crippen LogP contribution in [-0.2, 0) is 11.3 Å². The first kappa shape index (κ1) is 13.1. The molecule has 1 amide bonds. The minimum atomic E-state index is 0.152. The Balaban J connectivity index is 1.72. The van der Waals surface area contributed by atoms with Gasteiger partial charge in [0.15, 0.2) is 0 Å². The number of piperidine rings is 1. The molecule has 1 aliphatic rings. The number of nitrogens with zero attached hydrogens (tertiary/aromatic N) is 3. The predicted octanol–water partition coefficient (Wildman–Crippen LogP) is 1.25. The van der Waals surface area contributed by atoms with E-state index in [0.29, 0.717) is 12.6 Å².